The number of benzene rings is 1. The molecule has 9 heteroatoms. The van der Waals surface area contributed by atoms with Crippen LogP contribution in [0, 0.1) is 0 Å². The van der Waals surface area contributed by atoms with E-state index in [0.29, 0.717) is 13.1 Å². The molecule has 0 aromatic heterocycles. The molecule has 0 aliphatic carbocycles. The van der Waals surface area contributed by atoms with Crippen molar-refractivity contribution in [1.29, 1.82) is 0 Å². The third-order valence-electron chi connectivity index (χ3n) is 4.65. The van der Waals surface area contributed by atoms with E-state index < -0.39 is 10.0 Å². The topological polar surface area (TPSA) is 69.7 Å². The van der Waals surface area contributed by atoms with Crippen molar-refractivity contribution >= 4 is 39.3 Å². The summed E-state index contributed by atoms with van der Waals surface area (Å²) in [6.07, 6.45) is 4.33. The van der Waals surface area contributed by atoms with Gasteiger partial charge in [-0.3, -0.25) is 0 Å². The lowest BCUT2D eigenvalue weighted by atomic mass is 10.1. The van der Waals surface area contributed by atoms with Crippen LogP contribution in [-0.2, 0) is 10.0 Å². The molecular formula is C18H27Cl2N3O3S. The molecule has 0 bridgehead atoms. The van der Waals surface area contributed by atoms with Crippen LogP contribution in [0.5, 0.6) is 0 Å². The van der Waals surface area contributed by atoms with Gasteiger partial charge >= 0.3 is 6.03 Å². The number of halogens is 2. The zero-order chi connectivity index (χ0) is 20.0. The molecule has 1 aliphatic rings. The lowest BCUT2D eigenvalue weighted by Gasteiger charge is -2.34. The Morgan fingerprint density at radius 1 is 1.15 bits per heavy atom. The molecule has 0 radical (unpaired) electrons. The highest BCUT2D eigenvalue weighted by molar-refractivity contribution is 7.89. The van der Waals surface area contributed by atoms with Crippen LogP contribution in [0.2, 0.25) is 10.0 Å². The van der Waals surface area contributed by atoms with Crippen molar-refractivity contribution < 1.29 is 13.2 Å². The number of amides is 2. The first kappa shape index (κ1) is 22.3. The minimum Gasteiger partial charge on any atom is -0.336 e. The van der Waals surface area contributed by atoms with E-state index in [-0.39, 0.29) is 40.1 Å². The number of hydrogen-bond acceptors (Lipinski definition) is 3. The maximum Gasteiger partial charge on any atom is 0.317 e. The number of sulfonamides is 1. The Bertz CT molecular complexity index is 730. The fourth-order valence-electron chi connectivity index (χ4n) is 3.06. The molecule has 2 amide bonds. The van der Waals surface area contributed by atoms with E-state index in [0.717, 1.165) is 25.7 Å². The van der Waals surface area contributed by atoms with Crippen molar-refractivity contribution in [1.82, 2.24) is 14.5 Å². The largest absolute Gasteiger partial charge is 0.336 e. The van der Waals surface area contributed by atoms with Crippen molar-refractivity contribution in [2.45, 2.75) is 50.5 Å². The Kier molecular flexibility index (Phi) is 8.21. The average molecular weight is 436 g/mol. The van der Waals surface area contributed by atoms with Gasteiger partial charge in [0.15, 0.2) is 0 Å². The van der Waals surface area contributed by atoms with Crippen LogP contribution in [-0.4, -0.2) is 55.9 Å². The zero-order valence-electron chi connectivity index (χ0n) is 15.7. The maximum atomic E-state index is 12.9. The van der Waals surface area contributed by atoms with Crippen LogP contribution in [0.1, 0.15) is 39.5 Å². The first-order chi connectivity index (χ1) is 12.8. The van der Waals surface area contributed by atoms with Gasteiger partial charge in [0.05, 0.1) is 10.0 Å². The smallest absolute Gasteiger partial charge is 0.317 e. The molecule has 1 aliphatic heterocycles. The number of nitrogens with zero attached hydrogens (tertiary/aromatic N) is 2. The molecule has 1 atom stereocenters. The van der Waals surface area contributed by atoms with Gasteiger partial charge in [0.1, 0.15) is 4.90 Å². The van der Waals surface area contributed by atoms with E-state index in [1.165, 1.54) is 16.4 Å². The van der Waals surface area contributed by atoms with Gasteiger partial charge in [0, 0.05) is 32.2 Å². The summed E-state index contributed by atoms with van der Waals surface area (Å²) in [7, 11) is -3.80. The predicted molar refractivity (Wildman–Crippen MR) is 109 cm³/mol. The van der Waals surface area contributed by atoms with Gasteiger partial charge < -0.3 is 10.2 Å². The van der Waals surface area contributed by atoms with E-state index in [2.05, 4.69) is 12.2 Å². The molecule has 1 aromatic carbocycles. The summed E-state index contributed by atoms with van der Waals surface area (Å²) in [5.74, 6) is 0. The molecule has 0 spiro atoms. The van der Waals surface area contributed by atoms with Crippen molar-refractivity contribution in [3.8, 4) is 0 Å². The molecule has 1 heterocycles. The molecule has 1 aromatic rings. The summed E-state index contributed by atoms with van der Waals surface area (Å²) in [6, 6.07) is 4.57. The zero-order valence-corrected chi connectivity index (χ0v) is 18.1. The van der Waals surface area contributed by atoms with Crippen LogP contribution in [0.3, 0.4) is 0 Å². The summed E-state index contributed by atoms with van der Waals surface area (Å²) in [5.41, 5.74) is 0. The quantitative estimate of drug-likeness (QED) is 0.658. The minimum atomic E-state index is -3.80. The Morgan fingerprint density at radius 2 is 1.74 bits per heavy atom. The number of urea groups is 1. The fourth-order valence-corrected chi connectivity index (χ4v) is 5.58. The van der Waals surface area contributed by atoms with Crippen molar-refractivity contribution in [2.24, 2.45) is 0 Å². The van der Waals surface area contributed by atoms with Crippen molar-refractivity contribution in [3.05, 3.63) is 28.2 Å². The second-order valence-corrected chi connectivity index (χ2v) is 9.48. The molecule has 1 saturated heterocycles. The van der Waals surface area contributed by atoms with E-state index in [9.17, 15) is 13.2 Å². The first-order valence-corrected chi connectivity index (χ1v) is 11.5. The summed E-state index contributed by atoms with van der Waals surface area (Å²) >= 11 is 12.1. The highest BCUT2D eigenvalue weighted by atomic mass is 35.5. The Hall–Kier alpha value is -1.02. The molecule has 152 valence electrons. The lowest BCUT2D eigenvalue weighted by Crippen LogP contribution is -2.54. The first-order valence-electron chi connectivity index (χ1n) is 9.27. The molecular weight excluding hydrogens is 409 g/mol. The highest BCUT2D eigenvalue weighted by Crippen LogP contribution is 2.31. The van der Waals surface area contributed by atoms with Crippen LogP contribution in [0.15, 0.2) is 23.1 Å². The van der Waals surface area contributed by atoms with Crippen LogP contribution >= 0.6 is 23.2 Å². The van der Waals surface area contributed by atoms with E-state index in [4.69, 9.17) is 23.2 Å². The van der Waals surface area contributed by atoms with Crippen LogP contribution in [0.4, 0.5) is 4.79 Å². The van der Waals surface area contributed by atoms with Gasteiger partial charge in [-0.1, -0.05) is 55.5 Å². The lowest BCUT2D eigenvalue weighted by molar-refractivity contribution is 0.169. The number of carbonyl (C=O) groups excluding carboxylic acids is 1. The SMILES string of the molecule is CCCCCC(C)NC(=O)N1CCN(S(=O)(=O)c2c(Cl)cccc2Cl)CC1. The average Bonchev–Trinajstić information content (AvgIpc) is 2.61. The fraction of sp³-hybridized carbons (Fsp3) is 0.611. The Balaban J connectivity index is 1.94. The number of hydrogen-bond donors (Lipinski definition) is 1. The molecule has 27 heavy (non-hydrogen) atoms. The predicted octanol–water partition coefficient (Wildman–Crippen LogP) is 3.98. The third kappa shape index (κ3) is 5.73. The molecule has 2 rings (SSSR count). The van der Waals surface area contributed by atoms with Gasteiger partial charge in [0.25, 0.3) is 0 Å². The number of piperazine rings is 1. The molecule has 1 N–H and O–H groups in total. The Morgan fingerprint density at radius 3 is 2.30 bits per heavy atom. The Labute approximate surface area is 171 Å². The maximum absolute atomic E-state index is 12.9. The molecule has 1 unspecified atom stereocenters. The van der Waals surface area contributed by atoms with E-state index in [1.807, 2.05) is 6.92 Å². The number of rotatable bonds is 7. The number of carbonyl (C=O) groups is 1. The molecule has 0 saturated carbocycles. The number of nitrogens with one attached hydrogen (secondary N) is 1. The van der Waals surface area contributed by atoms with Crippen molar-refractivity contribution in [3.63, 3.8) is 0 Å². The summed E-state index contributed by atoms with van der Waals surface area (Å²) in [5, 5.41) is 3.19. The second-order valence-electron chi connectivity index (χ2n) is 6.79. The molecule has 1 fully saturated rings. The summed E-state index contributed by atoms with van der Waals surface area (Å²) in [4.78, 5) is 14.0. The van der Waals surface area contributed by atoms with Gasteiger partial charge in [-0.25, -0.2) is 13.2 Å². The highest BCUT2D eigenvalue weighted by Gasteiger charge is 2.33. The number of unbranched alkanes of at least 4 members (excludes halogenated alkanes) is 2. The van der Waals surface area contributed by atoms with Gasteiger partial charge in [-0.2, -0.15) is 4.31 Å². The van der Waals surface area contributed by atoms with E-state index >= 15 is 0 Å². The van der Waals surface area contributed by atoms with E-state index in [1.54, 1.807) is 11.0 Å². The minimum absolute atomic E-state index is 0.0734. The second kappa shape index (κ2) is 9.96. The standard InChI is InChI=1S/C18H27Cl2N3O3S/c1-3-4-5-7-14(2)21-18(24)22-10-12-23(13-11-22)27(25,26)17-15(19)8-6-9-16(17)20/h6,8-9,14H,3-5,7,10-13H2,1-2H3,(H,21,24). The molecule has 6 nitrogen and oxygen atoms in total. The normalized spacial score (nSPS) is 17.0. The van der Waals surface area contributed by atoms with Crippen LogP contribution in [0.25, 0.3) is 0 Å². The monoisotopic (exact) mass is 435 g/mol. The van der Waals surface area contributed by atoms with Gasteiger partial charge in [0.2, 0.25) is 10.0 Å². The summed E-state index contributed by atoms with van der Waals surface area (Å²) < 4.78 is 27.1. The summed E-state index contributed by atoms with van der Waals surface area (Å²) in [6.45, 7) is 5.22. The van der Waals surface area contributed by atoms with Crippen molar-refractivity contribution in [2.75, 3.05) is 26.2 Å². The van der Waals surface area contributed by atoms with Gasteiger partial charge in [-0.15, -0.1) is 0 Å². The van der Waals surface area contributed by atoms with Crippen LogP contribution < -0.4 is 5.32 Å². The van der Waals surface area contributed by atoms with Gasteiger partial charge in [-0.05, 0) is 25.5 Å². The third-order valence-corrected chi connectivity index (χ3v) is 7.51.